The molecule has 3 unspecified atom stereocenters. The van der Waals surface area contributed by atoms with Gasteiger partial charge in [0.05, 0.1) is 7.11 Å². The molecule has 2 aliphatic rings. The number of methoxy groups -OCH3 is 1. The average Bonchev–Trinajstić information content (AvgIpc) is 2.92. The van der Waals surface area contributed by atoms with E-state index >= 15 is 0 Å². The Morgan fingerprint density at radius 1 is 1.17 bits per heavy atom. The van der Waals surface area contributed by atoms with E-state index in [9.17, 15) is 4.79 Å². The highest BCUT2D eigenvalue weighted by atomic mass is 35.5. The van der Waals surface area contributed by atoms with Crippen LogP contribution in [0.1, 0.15) is 44.6 Å². The van der Waals surface area contributed by atoms with Crippen molar-refractivity contribution in [1.82, 2.24) is 4.90 Å². The molecule has 1 aromatic carbocycles. The zero-order valence-corrected chi connectivity index (χ0v) is 15.9. The number of likely N-dealkylation sites (tertiary alicyclic amines) is 1. The van der Waals surface area contributed by atoms with Gasteiger partial charge in [0.15, 0.2) is 0 Å². The number of carbonyl (C=O) groups excluding carboxylic acids is 1. The third-order valence-electron chi connectivity index (χ3n) is 5.62. The minimum Gasteiger partial charge on any atom is -0.497 e. The van der Waals surface area contributed by atoms with Crippen LogP contribution < -0.4 is 4.74 Å². The SMILES string of the molecule is COc1cc(Cl)c(CC2CCN(C3CCCCC3C)C2=O)c(Cl)c1. The van der Waals surface area contributed by atoms with Crippen molar-refractivity contribution in [1.29, 1.82) is 0 Å². The predicted octanol–water partition coefficient (Wildman–Crippen LogP) is 4.97. The molecular formula is C19H25Cl2NO2. The molecule has 1 aromatic rings. The number of hydrogen-bond acceptors (Lipinski definition) is 2. The molecule has 24 heavy (non-hydrogen) atoms. The third-order valence-corrected chi connectivity index (χ3v) is 6.29. The van der Waals surface area contributed by atoms with E-state index in [1.54, 1.807) is 19.2 Å². The highest BCUT2D eigenvalue weighted by molar-refractivity contribution is 6.36. The van der Waals surface area contributed by atoms with Gasteiger partial charge >= 0.3 is 0 Å². The Hall–Kier alpha value is -0.930. The molecule has 1 heterocycles. The van der Waals surface area contributed by atoms with Crippen molar-refractivity contribution in [2.24, 2.45) is 11.8 Å². The minimum absolute atomic E-state index is 0.0116. The van der Waals surface area contributed by atoms with Gasteiger partial charge in [-0.1, -0.05) is 43.0 Å². The lowest BCUT2D eigenvalue weighted by molar-refractivity contribution is -0.134. The molecule has 1 aliphatic heterocycles. The normalized spacial score (nSPS) is 27.6. The van der Waals surface area contributed by atoms with Gasteiger partial charge in [-0.2, -0.15) is 0 Å². The molecule has 2 fully saturated rings. The van der Waals surface area contributed by atoms with Gasteiger partial charge in [0, 0.05) is 28.5 Å². The van der Waals surface area contributed by atoms with Gasteiger partial charge in [0.2, 0.25) is 5.91 Å². The lowest BCUT2D eigenvalue weighted by Gasteiger charge is -2.36. The van der Waals surface area contributed by atoms with Crippen molar-refractivity contribution in [3.05, 3.63) is 27.7 Å². The van der Waals surface area contributed by atoms with Crippen LogP contribution in [0.4, 0.5) is 0 Å². The highest BCUT2D eigenvalue weighted by Crippen LogP contribution is 2.37. The van der Waals surface area contributed by atoms with Crippen LogP contribution in [-0.2, 0) is 11.2 Å². The summed E-state index contributed by atoms with van der Waals surface area (Å²) in [6, 6.07) is 3.95. The molecule has 1 amide bonds. The first-order valence-electron chi connectivity index (χ1n) is 8.83. The number of nitrogens with zero attached hydrogens (tertiary/aromatic N) is 1. The molecule has 0 spiro atoms. The van der Waals surface area contributed by atoms with Gasteiger partial charge in [-0.15, -0.1) is 0 Å². The molecule has 1 aliphatic carbocycles. The number of halogens is 2. The minimum atomic E-state index is -0.0116. The highest BCUT2D eigenvalue weighted by Gasteiger charge is 2.38. The summed E-state index contributed by atoms with van der Waals surface area (Å²) in [4.78, 5) is 15.0. The number of carbonyl (C=O) groups is 1. The maximum absolute atomic E-state index is 12.9. The Balaban J connectivity index is 1.72. The van der Waals surface area contributed by atoms with Gasteiger partial charge in [-0.05, 0) is 49.3 Å². The van der Waals surface area contributed by atoms with E-state index in [1.165, 1.54) is 19.3 Å². The van der Waals surface area contributed by atoms with Crippen molar-refractivity contribution in [2.45, 2.75) is 51.5 Å². The predicted molar refractivity (Wildman–Crippen MR) is 98.0 cm³/mol. The van der Waals surface area contributed by atoms with Gasteiger partial charge in [0.25, 0.3) is 0 Å². The smallest absolute Gasteiger partial charge is 0.226 e. The molecule has 3 nitrogen and oxygen atoms in total. The quantitative estimate of drug-likeness (QED) is 0.749. The van der Waals surface area contributed by atoms with E-state index in [-0.39, 0.29) is 11.8 Å². The first-order valence-corrected chi connectivity index (χ1v) is 9.59. The number of benzene rings is 1. The molecule has 3 atom stereocenters. The summed E-state index contributed by atoms with van der Waals surface area (Å²) in [6.07, 6.45) is 6.40. The molecule has 5 heteroatoms. The van der Waals surface area contributed by atoms with Crippen molar-refractivity contribution in [3.8, 4) is 5.75 Å². The van der Waals surface area contributed by atoms with Crippen molar-refractivity contribution in [2.75, 3.05) is 13.7 Å². The zero-order chi connectivity index (χ0) is 17.3. The molecule has 0 N–H and O–H groups in total. The second-order valence-corrected chi connectivity index (χ2v) is 7.93. The second kappa shape index (κ2) is 7.53. The maximum atomic E-state index is 12.9. The Bertz CT molecular complexity index is 596. The van der Waals surface area contributed by atoms with Crippen LogP contribution in [0.15, 0.2) is 12.1 Å². The Labute approximate surface area is 154 Å². The zero-order valence-electron chi connectivity index (χ0n) is 14.4. The van der Waals surface area contributed by atoms with E-state index < -0.39 is 0 Å². The second-order valence-electron chi connectivity index (χ2n) is 7.12. The van der Waals surface area contributed by atoms with E-state index in [2.05, 4.69) is 11.8 Å². The number of hydrogen-bond donors (Lipinski definition) is 0. The largest absolute Gasteiger partial charge is 0.497 e. The number of ether oxygens (including phenoxy) is 1. The van der Waals surface area contributed by atoms with E-state index in [1.807, 2.05) is 0 Å². The number of amides is 1. The molecule has 1 saturated carbocycles. The summed E-state index contributed by atoms with van der Waals surface area (Å²) in [6.45, 7) is 3.14. The van der Waals surface area contributed by atoms with Crippen LogP contribution in [0.3, 0.4) is 0 Å². The van der Waals surface area contributed by atoms with Crippen molar-refractivity contribution < 1.29 is 9.53 Å². The van der Waals surface area contributed by atoms with Crippen LogP contribution in [-0.4, -0.2) is 30.5 Å². The van der Waals surface area contributed by atoms with Crippen LogP contribution in [0.25, 0.3) is 0 Å². The summed E-state index contributed by atoms with van der Waals surface area (Å²) < 4.78 is 5.19. The van der Waals surface area contributed by atoms with E-state index in [4.69, 9.17) is 27.9 Å². The van der Waals surface area contributed by atoms with E-state index in [0.29, 0.717) is 34.2 Å². The maximum Gasteiger partial charge on any atom is 0.226 e. The molecule has 1 saturated heterocycles. The summed E-state index contributed by atoms with van der Waals surface area (Å²) in [5.41, 5.74) is 0.857. The summed E-state index contributed by atoms with van der Waals surface area (Å²) in [7, 11) is 1.59. The van der Waals surface area contributed by atoms with Gasteiger partial charge in [0.1, 0.15) is 5.75 Å². The first kappa shape index (κ1) is 17.9. The standard InChI is InChI=1S/C19H25Cl2NO2/c1-12-5-3-4-6-18(12)22-8-7-13(19(22)23)9-15-16(20)10-14(24-2)11-17(15)21/h10-13,18H,3-9H2,1-2H3. The average molecular weight is 370 g/mol. The number of rotatable bonds is 4. The molecular weight excluding hydrogens is 345 g/mol. The summed E-state index contributed by atoms with van der Waals surface area (Å²) >= 11 is 12.7. The van der Waals surface area contributed by atoms with E-state index in [0.717, 1.165) is 24.9 Å². The molecule has 3 rings (SSSR count). The summed E-state index contributed by atoms with van der Waals surface area (Å²) in [5.74, 6) is 1.51. The molecule has 0 aromatic heterocycles. The molecule has 0 radical (unpaired) electrons. The fraction of sp³-hybridized carbons (Fsp3) is 0.632. The summed E-state index contributed by atoms with van der Waals surface area (Å²) in [5, 5.41) is 1.16. The van der Waals surface area contributed by atoms with Crippen LogP contribution >= 0.6 is 23.2 Å². The van der Waals surface area contributed by atoms with Crippen molar-refractivity contribution >= 4 is 29.1 Å². The lowest BCUT2D eigenvalue weighted by Crippen LogP contribution is -2.43. The molecule has 132 valence electrons. The fourth-order valence-corrected chi connectivity index (χ4v) is 4.80. The van der Waals surface area contributed by atoms with Crippen LogP contribution in [0.2, 0.25) is 10.0 Å². The topological polar surface area (TPSA) is 29.5 Å². The monoisotopic (exact) mass is 369 g/mol. The van der Waals surface area contributed by atoms with Crippen LogP contribution in [0.5, 0.6) is 5.75 Å². The Kier molecular flexibility index (Phi) is 5.61. The third kappa shape index (κ3) is 3.52. The Morgan fingerprint density at radius 3 is 2.46 bits per heavy atom. The fourth-order valence-electron chi connectivity index (χ4n) is 4.18. The molecule has 0 bridgehead atoms. The Morgan fingerprint density at radius 2 is 1.83 bits per heavy atom. The van der Waals surface area contributed by atoms with Gasteiger partial charge < -0.3 is 9.64 Å². The van der Waals surface area contributed by atoms with Crippen molar-refractivity contribution in [3.63, 3.8) is 0 Å². The van der Waals surface area contributed by atoms with Gasteiger partial charge in [-0.25, -0.2) is 0 Å². The first-order chi connectivity index (χ1) is 11.5. The van der Waals surface area contributed by atoms with Crippen LogP contribution in [0, 0.1) is 11.8 Å². The van der Waals surface area contributed by atoms with Gasteiger partial charge in [-0.3, -0.25) is 4.79 Å². The lowest BCUT2D eigenvalue weighted by atomic mass is 9.85.